The van der Waals surface area contributed by atoms with Gasteiger partial charge in [0.2, 0.25) is 0 Å². The lowest BCUT2D eigenvalue weighted by Gasteiger charge is -2.35. The molecule has 14 rings (SSSR count). The Morgan fingerprint density at radius 2 is 0.450 bits per heavy atom. The van der Waals surface area contributed by atoms with E-state index in [0.29, 0.717) is 0 Å². The molecular formula is C80H56. The summed E-state index contributed by atoms with van der Waals surface area (Å²) in [5.74, 6) is 0. The number of benzene rings is 13. The van der Waals surface area contributed by atoms with Crippen molar-refractivity contribution in [3.05, 3.63) is 349 Å². The van der Waals surface area contributed by atoms with E-state index < -0.39 is 5.41 Å². The molecule has 0 nitrogen and oxygen atoms in total. The van der Waals surface area contributed by atoms with Crippen LogP contribution in [-0.4, -0.2) is 0 Å². The zero-order valence-corrected chi connectivity index (χ0v) is 44.6. The average molecular weight is 1020 g/mol. The zero-order valence-electron chi connectivity index (χ0n) is 44.6. The van der Waals surface area contributed by atoms with Crippen LogP contribution in [0.25, 0.3) is 111 Å². The van der Waals surface area contributed by atoms with E-state index in [4.69, 9.17) is 0 Å². The van der Waals surface area contributed by atoms with Crippen LogP contribution >= 0.6 is 0 Å². The third kappa shape index (κ3) is 8.78. The Balaban J connectivity index is 1.11. The van der Waals surface area contributed by atoms with E-state index in [1.807, 2.05) is 0 Å². The normalized spacial score (nSPS) is 12.2. The minimum atomic E-state index is -0.817. The smallest absolute Gasteiger partial charge is 0.0622 e. The van der Waals surface area contributed by atoms with Crippen molar-refractivity contribution in [2.75, 3.05) is 0 Å². The first-order valence-electron chi connectivity index (χ1n) is 27.8. The minimum Gasteiger partial charge on any atom is -0.0622 e. The molecule has 0 radical (unpaired) electrons. The van der Waals surface area contributed by atoms with Crippen molar-refractivity contribution < 1.29 is 0 Å². The Morgan fingerprint density at radius 1 is 0.188 bits per heavy atom. The lowest BCUT2D eigenvalue weighted by atomic mass is 9.66. The maximum absolute atomic E-state index is 2.51. The lowest BCUT2D eigenvalue weighted by Crippen LogP contribution is -2.29. The van der Waals surface area contributed by atoms with E-state index in [1.165, 1.54) is 94.6 Å². The molecule has 0 N–H and O–H groups in total. The van der Waals surface area contributed by atoms with E-state index in [9.17, 15) is 0 Å². The van der Waals surface area contributed by atoms with Gasteiger partial charge in [0, 0.05) is 0 Å². The predicted octanol–water partition coefficient (Wildman–Crippen LogP) is 21.4. The average Bonchev–Trinajstić information content (AvgIpc) is 3.77. The summed E-state index contributed by atoms with van der Waals surface area (Å²) in [4.78, 5) is 0. The highest BCUT2D eigenvalue weighted by Gasteiger charge is 2.48. The van der Waals surface area contributed by atoms with Gasteiger partial charge in [-0.3, -0.25) is 0 Å². The van der Waals surface area contributed by atoms with Crippen LogP contribution in [0.5, 0.6) is 0 Å². The van der Waals surface area contributed by atoms with Gasteiger partial charge in [0.1, 0.15) is 0 Å². The molecule has 0 atom stereocenters. The molecule has 376 valence electrons. The van der Waals surface area contributed by atoms with Gasteiger partial charge in [0.15, 0.2) is 0 Å². The van der Waals surface area contributed by atoms with Crippen molar-refractivity contribution in [2.24, 2.45) is 0 Å². The highest BCUT2D eigenvalue weighted by molar-refractivity contribution is 5.97. The van der Waals surface area contributed by atoms with Crippen LogP contribution in [0.15, 0.2) is 322 Å². The van der Waals surface area contributed by atoms with Gasteiger partial charge >= 0.3 is 0 Å². The van der Waals surface area contributed by atoms with Crippen molar-refractivity contribution in [2.45, 2.75) is 12.3 Å². The third-order valence-corrected chi connectivity index (χ3v) is 16.4. The van der Waals surface area contributed by atoms with E-state index >= 15 is 0 Å². The molecule has 0 aromatic heterocycles. The van der Waals surface area contributed by atoms with Crippen LogP contribution in [0.2, 0.25) is 0 Å². The Labute approximate surface area is 470 Å². The van der Waals surface area contributed by atoms with Crippen molar-refractivity contribution in [1.82, 2.24) is 0 Å². The number of aryl methyl sites for hydroxylation is 1. The van der Waals surface area contributed by atoms with Crippen molar-refractivity contribution >= 4 is 0 Å². The maximum Gasteiger partial charge on any atom is 0.0714 e. The third-order valence-electron chi connectivity index (χ3n) is 16.4. The van der Waals surface area contributed by atoms with Crippen LogP contribution in [-0.2, 0) is 5.41 Å². The molecule has 0 heteroatoms. The molecule has 0 saturated carbocycles. The maximum atomic E-state index is 2.51. The molecule has 1 aliphatic rings. The minimum absolute atomic E-state index is 0.817. The first-order valence-corrected chi connectivity index (χ1v) is 27.8. The van der Waals surface area contributed by atoms with Gasteiger partial charge in [-0.15, -0.1) is 0 Å². The molecule has 1 aliphatic carbocycles. The molecule has 80 heavy (non-hydrogen) atoms. The molecule has 13 aromatic carbocycles. The first-order chi connectivity index (χ1) is 39.5. The molecule has 0 heterocycles. The molecule has 0 aliphatic heterocycles. The summed E-state index contributed by atoms with van der Waals surface area (Å²) < 4.78 is 0. The Hall–Kier alpha value is -10.1. The molecular weight excluding hydrogens is 961 g/mol. The van der Waals surface area contributed by atoms with Gasteiger partial charge in [0.05, 0.1) is 5.41 Å². The number of rotatable bonds is 11. The van der Waals surface area contributed by atoms with Crippen LogP contribution in [0.1, 0.15) is 27.8 Å². The number of fused-ring (bicyclic) bond motifs is 3. The summed E-state index contributed by atoms with van der Waals surface area (Å²) in [7, 11) is 0. The van der Waals surface area contributed by atoms with Crippen molar-refractivity contribution in [3.8, 4) is 111 Å². The van der Waals surface area contributed by atoms with Crippen LogP contribution in [0.4, 0.5) is 0 Å². The Morgan fingerprint density at radius 3 is 0.825 bits per heavy atom. The monoisotopic (exact) mass is 1020 g/mol. The fraction of sp³-hybridized carbons (Fsp3) is 0.0250. The highest BCUT2D eigenvalue weighted by atomic mass is 14.5. The standard InChI is InChI=1S/C80H56/c1-55-23-14-15-40-74(55)75-42-22-44-78-79(75)76-41-16-17-43-77(76)80(78,72-51-68(64-36-18-32-60(45-64)56-24-6-2-7-25-56)49-69(52-72)65-37-19-33-61(46-65)57-26-8-3-9-27-57)73-53-70(66-38-20-34-62(47-66)58-28-10-4-11-29-58)50-71(54-73)67-39-21-35-63(48-67)59-30-12-5-13-31-59/h2-54H,1H3. The number of hydrogen-bond acceptors (Lipinski definition) is 0. The van der Waals surface area contributed by atoms with Gasteiger partial charge in [-0.2, -0.15) is 0 Å². The fourth-order valence-electron chi connectivity index (χ4n) is 12.6. The van der Waals surface area contributed by atoms with Crippen molar-refractivity contribution in [3.63, 3.8) is 0 Å². The van der Waals surface area contributed by atoms with Crippen LogP contribution in [0.3, 0.4) is 0 Å². The van der Waals surface area contributed by atoms with Gasteiger partial charge in [-0.1, -0.05) is 261 Å². The quantitative estimate of drug-likeness (QED) is 0.121. The first kappa shape index (κ1) is 48.2. The Kier molecular flexibility index (Phi) is 12.5. The second kappa shape index (κ2) is 20.7. The second-order valence-corrected chi connectivity index (χ2v) is 21.2. The molecule has 0 fully saturated rings. The van der Waals surface area contributed by atoms with Crippen LogP contribution < -0.4 is 0 Å². The summed E-state index contributed by atoms with van der Waals surface area (Å²) in [6.45, 7) is 2.24. The number of hydrogen-bond donors (Lipinski definition) is 0. The molecule has 0 unspecified atom stereocenters. The summed E-state index contributed by atoms with van der Waals surface area (Å²) in [6.07, 6.45) is 0. The van der Waals surface area contributed by atoms with Crippen LogP contribution in [0, 0.1) is 6.92 Å². The lowest BCUT2D eigenvalue weighted by molar-refractivity contribution is 0.770. The fourth-order valence-corrected chi connectivity index (χ4v) is 12.6. The summed E-state index contributed by atoms with van der Waals surface area (Å²) >= 11 is 0. The predicted molar refractivity (Wildman–Crippen MR) is 337 cm³/mol. The highest BCUT2D eigenvalue weighted by Crippen LogP contribution is 2.60. The van der Waals surface area contributed by atoms with Gasteiger partial charge in [-0.05, 0) is 207 Å². The largest absolute Gasteiger partial charge is 0.0714 e. The second-order valence-electron chi connectivity index (χ2n) is 21.2. The van der Waals surface area contributed by atoms with Gasteiger partial charge in [-0.25, -0.2) is 0 Å². The van der Waals surface area contributed by atoms with Crippen molar-refractivity contribution in [1.29, 1.82) is 0 Å². The molecule has 0 amide bonds. The molecule has 13 aromatic rings. The Bertz CT molecular complexity index is 3980. The molecule has 0 saturated heterocycles. The van der Waals surface area contributed by atoms with E-state index in [1.54, 1.807) is 0 Å². The van der Waals surface area contributed by atoms with Gasteiger partial charge in [0.25, 0.3) is 0 Å². The topological polar surface area (TPSA) is 0 Å². The summed E-state index contributed by atoms with van der Waals surface area (Å²) in [5, 5.41) is 0. The summed E-state index contributed by atoms with van der Waals surface area (Å²) in [5.41, 5.74) is 29.1. The van der Waals surface area contributed by atoms with Gasteiger partial charge < -0.3 is 0 Å². The summed E-state index contributed by atoms with van der Waals surface area (Å²) in [6, 6.07) is 120. The van der Waals surface area contributed by atoms with E-state index in [-0.39, 0.29) is 0 Å². The zero-order chi connectivity index (χ0) is 53.4. The molecule has 0 bridgehead atoms. The van der Waals surface area contributed by atoms with E-state index in [0.717, 1.165) is 44.5 Å². The molecule has 0 spiro atoms. The van der Waals surface area contributed by atoms with E-state index in [2.05, 4.69) is 328 Å². The SMILES string of the molecule is Cc1ccccc1-c1cccc2c1-c1ccccc1C2(c1cc(-c2cccc(-c3ccccc3)c2)cc(-c2cccc(-c3ccccc3)c2)c1)c1cc(-c2cccc(-c3ccccc3)c2)cc(-c2cccc(-c3ccccc3)c2)c1.